The number of ether oxygens (including phenoxy) is 1. The molecule has 5 heteroatoms. The molecule has 0 amide bonds. The Kier molecular flexibility index (Phi) is 2.95. The Balaban J connectivity index is 1.86. The maximum Gasteiger partial charge on any atom is 0.184 e. The Morgan fingerprint density at radius 2 is 2.17 bits per heavy atom. The molecule has 1 saturated heterocycles. The fourth-order valence-electron chi connectivity index (χ4n) is 2.16. The van der Waals surface area contributed by atoms with Crippen molar-refractivity contribution in [3.05, 3.63) is 24.0 Å². The molecule has 0 aliphatic carbocycles. The first kappa shape index (κ1) is 11.9. The average Bonchev–Trinajstić information content (AvgIpc) is 2.70. The summed E-state index contributed by atoms with van der Waals surface area (Å²) in [6.45, 7) is 3.74. The summed E-state index contributed by atoms with van der Waals surface area (Å²) in [5, 5.41) is 4.33. The highest BCUT2D eigenvalue weighted by molar-refractivity contribution is 7.22. The molecule has 2 aromatic rings. The highest BCUT2D eigenvalue weighted by Gasteiger charge is 2.28. The Morgan fingerprint density at radius 3 is 2.94 bits per heavy atom. The van der Waals surface area contributed by atoms with E-state index in [1.165, 1.54) is 23.5 Å². The van der Waals surface area contributed by atoms with Gasteiger partial charge in [-0.05, 0) is 38.0 Å². The van der Waals surface area contributed by atoms with Gasteiger partial charge in [0.05, 0.1) is 10.2 Å². The van der Waals surface area contributed by atoms with Crippen molar-refractivity contribution in [2.45, 2.75) is 25.3 Å². The lowest BCUT2D eigenvalue weighted by Crippen LogP contribution is -2.40. The Labute approximate surface area is 109 Å². The van der Waals surface area contributed by atoms with Crippen LogP contribution >= 0.6 is 11.3 Å². The summed E-state index contributed by atoms with van der Waals surface area (Å²) in [4.78, 5) is 4.49. The van der Waals surface area contributed by atoms with Crippen molar-refractivity contribution in [3.63, 3.8) is 0 Å². The quantitative estimate of drug-likeness (QED) is 0.904. The molecular formula is C13H15FN2OS. The van der Waals surface area contributed by atoms with E-state index in [1.54, 1.807) is 6.07 Å². The molecule has 0 spiro atoms. The second-order valence-corrected chi connectivity index (χ2v) is 5.96. The van der Waals surface area contributed by atoms with Gasteiger partial charge >= 0.3 is 0 Å². The van der Waals surface area contributed by atoms with Gasteiger partial charge in [-0.2, -0.15) is 0 Å². The summed E-state index contributed by atoms with van der Waals surface area (Å²) in [5.41, 5.74) is 0.879. The number of hydrogen-bond acceptors (Lipinski definition) is 4. The van der Waals surface area contributed by atoms with Crippen LogP contribution in [0, 0.1) is 5.82 Å². The molecule has 1 aliphatic rings. The number of nitrogens with one attached hydrogen (secondary N) is 1. The number of halogens is 1. The number of nitrogens with zero attached hydrogens (tertiary/aromatic N) is 1. The molecule has 0 bridgehead atoms. The van der Waals surface area contributed by atoms with Crippen molar-refractivity contribution in [1.29, 1.82) is 0 Å². The fourth-order valence-corrected chi connectivity index (χ4v) is 3.20. The zero-order chi connectivity index (χ0) is 12.6. The SMILES string of the molecule is CC1(Nc2nc3ccc(F)cc3s2)CCOCC1. The van der Waals surface area contributed by atoms with Crippen LogP contribution in [0.3, 0.4) is 0 Å². The Morgan fingerprint density at radius 1 is 1.39 bits per heavy atom. The van der Waals surface area contributed by atoms with Gasteiger partial charge in [-0.25, -0.2) is 9.37 Å². The number of benzene rings is 1. The van der Waals surface area contributed by atoms with E-state index in [4.69, 9.17) is 4.74 Å². The summed E-state index contributed by atoms with van der Waals surface area (Å²) in [7, 11) is 0. The van der Waals surface area contributed by atoms with Crippen LogP contribution in [0.1, 0.15) is 19.8 Å². The maximum absolute atomic E-state index is 13.1. The van der Waals surface area contributed by atoms with Gasteiger partial charge in [0.2, 0.25) is 0 Å². The highest BCUT2D eigenvalue weighted by atomic mass is 32.1. The third-order valence-corrected chi connectivity index (χ3v) is 4.29. The second kappa shape index (κ2) is 4.48. The molecule has 1 fully saturated rings. The van der Waals surface area contributed by atoms with E-state index < -0.39 is 0 Å². The number of thiazole rings is 1. The minimum Gasteiger partial charge on any atom is -0.381 e. The van der Waals surface area contributed by atoms with Crippen LogP contribution in [0.5, 0.6) is 0 Å². The lowest BCUT2D eigenvalue weighted by molar-refractivity contribution is 0.0658. The van der Waals surface area contributed by atoms with Gasteiger partial charge in [0.25, 0.3) is 0 Å². The van der Waals surface area contributed by atoms with E-state index in [9.17, 15) is 4.39 Å². The van der Waals surface area contributed by atoms with Crippen LogP contribution in [-0.2, 0) is 4.74 Å². The third kappa shape index (κ3) is 2.33. The van der Waals surface area contributed by atoms with Crippen LogP contribution in [0.15, 0.2) is 18.2 Å². The van der Waals surface area contributed by atoms with E-state index >= 15 is 0 Å². The molecular weight excluding hydrogens is 251 g/mol. The number of anilines is 1. The van der Waals surface area contributed by atoms with Crippen LogP contribution < -0.4 is 5.32 Å². The van der Waals surface area contributed by atoms with Crippen molar-refractivity contribution in [1.82, 2.24) is 4.98 Å². The summed E-state index contributed by atoms with van der Waals surface area (Å²) < 4.78 is 19.4. The van der Waals surface area contributed by atoms with Crippen molar-refractivity contribution in [2.75, 3.05) is 18.5 Å². The number of fused-ring (bicyclic) bond motifs is 1. The van der Waals surface area contributed by atoms with Crippen LogP contribution in [0.4, 0.5) is 9.52 Å². The van der Waals surface area contributed by atoms with Crippen LogP contribution in [0.25, 0.3) is 10.2 Å². The van der Waals surface area contributed by atoms with Crippen molar-refractivity contribution >= 4 is 26.7 Å². The van der Waals surface area contributed by atoms with Gasteiger partial charge in [-0.1, -0.05) is 11.3 Å². The Hall–Kier alpha value is -1.20. The lowest BCUT2D eigenvalue weighted by atomic mass is 9.93. The molecule has 18 heavy (non-hydrogen) atoms. The summed E-state index contributed by atoms with van der Waals surface area (Å²) >= 11 is 1.50. The van der Waals surface area contributed by atoms with Gasteiger partial charge in [0.15, 0.2) is 5.13 Å². The first-order chi connectivity index (χ1) is 8.65. The fraction of sp³-hybridized carbons (Fsp3) is 0.462. The van der Waals surface area contributed by atoms with Crippen molar-refractivity contribution in [2.24, 2.45) is 0 Å². The summed E-state index contributed by atoms with van der Waals surface area (Å²) in [6.07, 6.45) is 1.94. The molecule has 1 N–H and O–H groups in total. The van der Waals surface area contributed by atoms with Crippen LogP contribution in [-0.4, -0.2) is 23.7 Å². The molecule has 0 saturated carbocycles. The molecule has 3 rings (SSSR count). The smallest absolute Gasteiger partial charge is 0.184 e. The van der Waals surface area contributed by atoms with Gasteiger partial charge in [0.1, 0.15) is 5.82 Å². The van der Waals surface area contributed by atoms with E-state index in [2.05, 4.69) is 17.2 Å². The maximum atomic E-state index is 13.1. The van der Waals surface area contributed by atoms with Crippen molar-refractivity contribution in [3.8, 4) is 0 Å². The molecule has 2 heterocycles. The predicted molar refractivity (Wildman–Crippen MR) is 71.7 cm³/mol. The third-order valence-electron chi connectivity index (χ3n) is 3.36. The van der Waals surface area contributed by atoms with E-state index in [-0.39, 0.29) is 11.4 Å². The summed E-state index contributed by atoms with van der Waals surface area (Å²) in [6, 6.07) is 4.70. The molecule has 3 nitrogen and oxygen atoms in total. The molecule has 0 radical (unpaired) electrons. The average molecular weight is 266 g/mol. The number of hydrogen-bond donors (Lipinski definition) is 1. The molecule has 1 aromatic heterocycles. The van der Waals surface area contributed by atoms with Gasteiger partial charge in [-0.15, -0.1) is 0 Å². The second-order valence-electron chi connectivity index (χ2n) is 4.93. The topological polar surface area (TPSA) is 34.2 Å². The Bertz CT molecular complexity index is 563. The molecule has 0 atom stereocenters. The minimum atomic E-state index is -0.213. The van der Waals surface area contributed by atoms with Crippen LogP contribution in [0.2, 0.25) is 0 Å². The van der Waals surface area contributed by atoms with E-state index in [0.717, 1.165) is 41.4 Å². The first-order valence-corrected chi connectivity index (χ1v) is 6.88. The monoisotopic (exact) mass is 266 g/mol. The van der Waals surface area contributed by atoms with Gasteiger partial charge in [-0.3, -0.25) is 0 Å². The van der Waals surface area contributed by atoms with E-state index in [1.807, 2.05) is 0 Å². The molecule has 1 aromatic carbocycles. The summed E-state index contributed by atoms with van der Waals surface area (Å²) in [5.74, 6) is -0.213. The molecule has 96 valence electrons. The molecule has 0 unspecified atom stereocenters. The van der Waals surface area contributed by atoms with Gasteiger partial charge in [0, 0.05) is 18.8 Å². The predicted octanol–water partition coefficient (Wildman–Crippen LogP) is 3.42. The zero-order valence-corrected chi connectivity index (χ0v) is 11.0. The standard InChI is InChI=1S/C13H15FN2OS/c1-13(4-6-17-7-5-13)16-12-15-10-3-2-9(14)8-11(10)18-12/h2-3,8H,4-7H2,1H3,(H,15,16). The number of aromatic nitrogens is 1. The minimum absolute atomic E-state index is 0.0324. The van der Waals surface area contributed by atoms with Gasteiger partial charge < -0.3 is 10.1 Å². The zero-order valence-electron chi connectivity index (χ0n) is 10.2. The highest BCUT2D eigenvalue weighted by Crippen LogP contribution is 2.31. The molecule has 1 aliphatic heterocycles. The van der Waals surface area contributed by atoms with Crippen molar-refractivity contribution < 1.29 is 9.13 Å². The van der Waals surface area contributed by atoms with E-state index in [0.29, 0.717) is 0 Å². The number of rotatable bonds is 2. The largest absolute Gasteiger partial charge is 0.381 e. The first-order valence-electron chi connectivity index (χ1n) is 6.07. The normalized spacial score (nSPS) is 19.0. The lowest BCUT2D eigenvalue weighted by Gasteiger charge is -2.34.